The lowest BCUT2D eigenvalue weighted by molar-refractivity contribution is -0.137. The van der Waals surface area contributed by atoms with Crippen LogP contribution in [-0.4, -0.2) is 44.7 Å². The van der Waals surface area contributed by atoms with Crippen molar-refractivity contribution in [3.8, 4) is 28.3 Å². The molecule has 9 nitrogen and oxygen atoms in total. The predicted molar refractivity (Wildman–Crippen MR) is 165 cm³/mol. The average Bonchev–Trinajstić information content (AvgIpc) is 2.98. The van der Waals surface area contributed by atoms with Crippen LogP contribution in [-0.2, 0) is 11.3 Å². The van der Waals surface area contributed by atoms with Crippen LogP contribution >= 0.6 is 11.6 Å². The van der Waals surface area contributed by atoms with E-state index in [1.807, 2.05) is 74.5 Å². The Labute approximate surface area is 249 Å². The third kappa shape index (κ3) is 6.32. The molecular formula is C32H31ClN6O3. The first kappa shape index (κ1) is 28.9. The highest BCUT2D eigenvalue weighted by atomic mass is 35.5. The molecule has 0 fully saturated rings. The summed E-state index contributed by atoms with van der Waals surface area (Å²) >= 11 is 7.05. The molecule has 0 atom stereocenters. The number of aromatic nitrogens is 4. The van der Waals surface area contributed by atoms with Gasteiger partial charge in [-0.1, -0.05) is 48.0 Å². The van der Waals surface area contributed by atoms with Gasteiger partial charge in [-0.3, -0.25) is 9.78 Å². The van der Waals surface area contributed by atoms with E-state index < -0.39 is 5.97 Å². The van der Waals surface area contributed by atoms with Gasteiger partial charge in [0.25, 0.3) is 0 Å². The van der Waals surface area contributed by atoms with Crippen LogP contribution in [0.1, 0.15) is 29.8 Å². The van der Waals surface area contributed by atoms with E-state index in [0.29, 0.717) is 53.3 Å². The van der Waals surface area contributed by atoms with Crippen molar-refractivity contribution in [3.63, 3.8) is 0 Å². The molecule has 0 radical (unpaired) electrons. The molecule has 0 unspecified atom stereocenters. The van der Waals surface area contributed by atoms with Gasteiger partial charge in [0.05, 0.1) is 23.3 Å². The minimum absolute atomic E-state index is 0.128. The number of nitrogens with zero attached hydrogens (tertiary/aromatic N) is 4. The molecule has 214 valence electrons. The molecule has 0 saturated heterocycles. The first-order valence-corrected chi connectivity index (χ1v) is 13.9. The van der Waals surface area contributed by atoms with Crippen LogP contribution in [0.15, 0.2) is 66.9 Å². The van der Waals surface area contributed by atoms with Crippen molar-refractivity contribution >= 4 is 40.1 Å². The molecule has 3 heterocycles. The molecule has 0 aliphatic heterocycles. The fourth-order valence-corrected chi connectivity index (χ4v) is 5.14. The lowest BCUT2D eigenvalue weighted by Crippen LogP contribution is -2.16. The lowest BCUT2D eigenvalue weighted by Gasteiger charge is -2.17. The van der Waals surface area contributed by atoms with Crippen LogP contribution in [0.3, 0.4) is 0 Å². The Balaban J connectivity index is 1.43. The Hall–Kier alpha value is -4.60. The van der Waals surface area contributed by atoms with Crippen LogP contribution in [0.25, 0.3) is 33.4 Å². The number of aliphatic carboxylic acids is 1. The quantitative estimate of drug-likeness (QED) is 0.145. The first-order chi connectivity index (χ1) is 20.4. The summed E-state index contributed by atoms with van der Waals surface area (Å²) in [5, 5.41) is 16.1. The van der Waals surface area contributed by atoms with Crippen molar-refractivity contribution < 1.29 is 14.6 Å². The van der Waals surface area contributed by atoms with Gasteiger partial charge in [0, 0.05) is 41.5 Å². The molecule has 3 N–H and O–H groups in total. The van der Waals surface area contributed by atoms with E-state index in [2.05, 4.69) is 25.6 Å². The molecule has 0 aliphatic rings. The van der Waals surface area contributed by atoms with Gasteiger partial charge in [-0.15, -0.1) is 0 Å². The number of fused-ring (bicyclic) bond motifs is 1. The highest BCUT2D eigenvalue weighted by Crippen LogP contribution is 2.39. The largest absolute Gasteiger partial charge is 0.481 e. The van der Waals surface area contributed by atoms with Gasteiger partial charge in [0.15, 0.2) is 5.82 Å². The zero-order valence-corrected chi connectivity index (χ0v) is 24.4. The Morgan fingerprint density at radius 2 is 1.74 bits per heavy atom. The van der Waals surface area contributed by atoms with Crippen LogP contribution in [0.4, 0.5) is 11.5 Å². The minimum atomic E-state index is -0.801. The zero-order valence-electron chi connectivity index (χ0n) is 23.6. The Morgan fingerprint density at radius 3 is 2.55 bits per heavy atom. The number of benzene rings is 2. The van der Waals surface area contributed by atoms with Crippen LogP contribution < -0.4 is 15.4 Å². The molecular weight excluding hydrogens is 552 g/mol. The third-order valence-corrected chi connectivity index (χ3v) is 7.32. The number of carbonyl (C=O) groups is 1. The molecule has 3 aromatic heterocycles. The Morgan fingerprint density at radius 1 is 0.952 bits per heavy atom. The van der Waals surface area contributed by atoms with E-state index in [9.17, 15) is 4.79 Å². The maximum atomic E-state index is 10.7. The van der Waals surface area contributed by atoms with Crippen molar-refractivity contribution in [2.75, 3.05) is 19.0 Å². The summed E-state index contributed by atoms with van der Waals surface area (Å²) in [6.45, 7) is 5.01. The lowest BCUT2D eigenvalue weighted by atomic mass is 9.96. The predicted octanol–water partition coefficient (Wildman–Crippen LogP) is 6.73. The number of rotatable bonds is 11. The second-order valence-corrected chi connectivity index (χ2v) is 10.2. The number of hydrogen-bond acceptors (Lipinski definition) is 8. The number of anilines is 2. The molecule has 0 saturated carbocycles. The van der Waals surface area contributed by atoms with Gasteiger partial charge in [0.2, 0.25) is 5.88 Å². The van der Waals surface area contributed by atoms with Gasteiger partial charge in [-0.25, -0.2) is 15.0 Å². The van der Waals surface area contributed by atoms with Crippen molar-refractivity contribution in [2.24, 2.45) is 0 Å². The molecule has 42 heavy (non-hydrogen) atoms. The molecule has 10 heteroatoms. The van der Waals surface area contributed by atoms with Crippen molar-refractivity contribution in [2.45, 2.75) is 33.2 Å². The summed E-state index contributed by atoms with van der Waals surface area (Å²) in [5.41, 5.74) is 7.58. The highest BCUT2D eigenvalue weighted by molar-refractivity contribution is 6.36. The number of pyridine rings is 2. The number of aryl methyl sites for hydroxylation is 1. The maximum absolute atomic E-state index is 10.7. The molecule has 0 bridgehead atoms. The molecule has 5 aromatic rings. The number of carboxylic acids is 1. The Kier molecular flexibility index (Phi) is 8.90. The topological polar surface area (TPSA) is 122 Å². The number of ether oxygens (including phenoxy) is 1. The van der Waals surface area contributed by atoms with E-state index in [4.69, 9.17) is 26.4 Å². The molecule has 5 rings (SSSR count). The maximum Gasteiger partial charge on any atom is 0.303 e. The van der Waals surface area contributed by atoms with Crippen LogP contribution in [0, 0.1) is 13.8 Å². The zero-order chi connectivity index (χ0) is 29.6. The van der Waals surface area contributed by atoms with Crippen LogP contribution in [0.2, 0.25) is 5.02 Å². The number of nitrogens with one attached hydrogen (secondary N) is 2. The monoisotopic (exact) mass is 582 g/mol. The first-order valence-electron chi connectivity index (χ1n) is 13.6. The van der Waals surface area contributed by atoms with Crippen LogP contribution in [0.5, 0.6) is 5.88 Å². The Bertz CT molecular complexity index is 1760. The summed E-state index contributed by atoms with van der Waals surface area (Å²) in [4.78, 5) is 29.1. The van der Waals surface area contributed by atoms with Gasteiger partial charge >= 0.3 is 5.97 Å². The number of halogens is 1. The fraction of sp³-hybridized carbons (Fsp3) is 0.219. The van der Waals surface area contributed by atoms with E-state index in [0.717, 1.165) is 39.0 Å². The van der Waals surface area contributed by atoms with Crippen molar-refractivity contribution in [1.82, 2.24) is 25.3 Å². The van der Waals surface area contributed by atoms with E-state index in [-0.39, 0.29) is 6.42 Å². The van der Waals surface area contributed by atoms with E-state index in [1.54, 1.807) is 13.3 Å². The minimum Gasteiger partial charge on any atom is -0.481 e. The summed E-state index contributed by atoms with van der Waals surface area (Å²) in [7, 11) is 1.58. The summed E-state index contributed by atoms with van der Waals surface area (Å²) < 4.78 is 5.58. The summed E-state index contributed by atoms with van der Waals surface area (Å²) in [6.07, 6.45) is 2.41. The molecule has 0 amide bonds. The normalized spacial score (nSPS) is 11.0. The summed E-state index contributed by atoms with van der Waals surface area (Å²) in [5.74, 6) is 0.990. The third-order valence-electron chi connectivity index (χ3n) is 6.91. The van der Waals surface area contributed by atoms with E-state index in [1.165, 1.54) is 0 Å². The number of hydrogen-bond donors (Lipinski definition) is 3. The molecule has 0 aliphatic carbocycles. The van der Waals surface area contributed by atoms with Crippen molar-refractivity contribution in [3.05, 3.63) is 88.8 Å². The van der Waals surface area contributed by atoms with Gasteiger partial charge in [-0.2, -0.15) is 0 Å². The molecule has 2 aromatic carbocycles. The van der Waals surface area contributed by atoms with E-state index >= 15 is 0 Å². The smallest absolute Gasteiger partial charge is 0.303 e. The SMILES string of the molecule is COc1nc(-c2cccc(-c3cccc(Nc4nc(C)nc5cccnc45)c3C)c2Cl)ccc1CNCCCC(=O)O. The van der Waals surface area contributed by atoms with Gasteiger partial charge in [-0.05, 0) is 62.2 Å². The number of methoxy groups -OCH3 is 1. The fourth-order valence-electron chi connectivity index (χ4n) is 4.82. The summed E-state index contributed by atoms with van der Waals surface area (Å²) in [6, 6.07) is 19.6. The number of carboxylic acid groups (broad SMARTS) is 1. The van der Waals surface area contributed by atoms with Gasteiger partial charge in [0.1, 0.15) is 11.3 Å². The second kappa shape index (κ2) is 12.9. The van der Waals surface area contributed by atoms with Gasteiger partial charge < -0.3 is 20.5 Å². The standard InChI is InChI=1S/C32H31ClN6O3/c1-19-22(8-5-11-25(19)38-31-30-27(12-6-17-35-30)36-20(2)37-31)23-9-4-10-24(29(23)33)26-15-14-21(32(39-26)42-3)18-34-16-7-13-28(40)41/h4-6,8-12,14-15,17,34H,7,13,16,18H2,1-3H3,(H,40,41)(H,36,37,38). The molecule has 0 spiro atoms. The average molecular weight is 583 g/mol. The van der Waals surface area contributed by atoms with Crippen molar-refractivity contribution in [1.29, 1.82) is 0 Å². The second-order valence-electron chi connectivity index (χ2n) is 9.80. The highest BCUT2D eigenvalue weighted by Gasteiger charge is 2.17.